The first-order valence-corrected chi connectivity index (χ1v) is 7.33. The van der Waals surface area contributed by atoms with E-state index in [1.807, 2.05) is 48.5 Å². The van der Waals surface area contributed by atoms with Gasteiger partial charge in [-0.3, -0.25) is 4.79 Å². The Bertz CT molecular complexity index is 639. The van der Waals surface area contributed by atoms with Crippen LogP contribution in [0.4, 0.5) is 0 Å². The molecule has 1 N–H and O–H groups in total. The number of amides is 1. The van der Waals surface area contributed by atoms with Crippen molar-refractivity contribution in [1.29, 1.82) is 0 Å². The molecule has 0 fully saturated rings. The van der Waals surface area contributed by atoms with Crippen molar-refractivity contribution in [2.45, 2.75) is 13.0 Å². The lowest BCUT2D eigenvalue weighted by Gasteiger charge is -2.24. The number of rotatable bonds is 3. The molecule has 2 aromatic carbocycles. The highest BCUT2D eigenvalue weighted by atomic mass is 35.5. The van der Waals surface area contributed by atoms with Crippen LogP contribution in [-0.4, -0.2) is 12.5 Å². The normalized spacial score (nSPS) is 16.7. The summed E-state index contributed by atoms with van der Waals surface area (Å²) in [7, 11) is 0. The number of carbonyl (C=O) groups excluding carboxylic acids is 1. The zero-order valence-corrected chi connectivity index (χ0v) is 12.3. The standard InChI is InChI=1S/C17H16ClNO2/c18-15-7-5-12(6-8-15)10-19-17(20)14-9-13-3-1-2-4-16(13)21-11-14/h1-8,14H,9-11H2,(H,19,20)/t14-/m1/s1. The van der Waals surface area contributed by atoms with Crippen LogP contribution in [-0.2, 0) is 17.8 Å². The van der Waals surface area contributed by atoms with E-state index in [1.165, 1.54) is 0 Å². The van der Waals surface area contributed by atoms with Crippen LogP contribution < -0.4 is 10.1 Å². The van der Waals surface area contributed by atoms with Gasteiger partial charge in [-0.1, -0.05) is 41.9 Å². The molecule has 1 aliphatic heterocycles. The Balaban J connectivity index is 1.58. The van der Waals surface area contributed by atoms with E-state index < -0.39 is 0 Å². The van der Waals surface area contributed by atoms with Crippen LogP contribution in [0.1, 0.15) is 11.1 Å². The lowest BCUT2D eigenvalue weighted by Crippen LogP contribution is -2.37. The van der Waals surface area contributed by atoms with Gasteiger partial charge in [-0.05, 0) is 35.7 Å². The molecule has 0 saturated heterocycles. The van der Waals surface area contributed by atoms with E-state index in [4.69, 9.17) is 16.3 Å². The molecule has 1 amide bonds. The molecule has 3 rings (SSSR count). The molecule has 1 aliphatic rings. The van der Waals surface area contributed by atoms with Gasteiger partial charge in [-0.15, -0.1) is 0 Å². The van der Waals surface area contributed by atoms with Crippen LogP contribution in [0.15, 0.2) is 48.5 Å². The minimum atomic E-state index is -0.132. The summed E-state index contributed by atoms with van der Waals surface area (Å²) in [6.07, 6.45) is 0.725. The van der Waals surface area contributed by atoms with Crippen molar-refractivity contribution >= 4 is 17.5 Å². The van der Waals surface area contributed by atoms with E-state index in [-0.39, 0.29) is 11.8 Å². The highest BCUT2D eigenvalue weighted by molar-refractivity contribution is 6.30. The Kier molecular flexibility index (Phi) is 4.11. The number of benzene rings is 2. The predicted molar refractivity (Wildman–Crippen MR) is 82.4 cm³/mol. The summed E-state index contributed by atoms with van der Waals surface area (Å²) < 4.78 is 5.65. The van der Waals surface area contributed by atoms with E-state index in [1.54, 1.807) is 0 Å². The summed E-state index contributed by atoms with van der Waals surface area (Å²) in [4.78, 5) is 12.2. The van der Waals surface area contributed by atoms with Gasteiger partial charge in [0.25, 0.3) is 0 Å². The van der Waals surface area contributed by atoms with Crippen molar-refractivity contribution in [3.8, 4) is 5.75 Å². The SMILES string of the molecule is O=C(NCc1ccc(Cl)cc1)[C@H]1COc2ccccc2C1. The van der Waals surface area contributed by atoms with Gasteiger partial charge in [0.2, 0.25) is 5.91 Å². The van der Waals surface area contributed by atoms with E-state index >= 15 is 0 Å². The molecule has 0 saturated carbocycles. The molecule has 4 heteroatoms. The number of ether oxygens (including phenoxy) is 1. The first-order valence-electron chi connectivity index (χ1n) is 6.95. The Hall–Kier alpha value is -2.00. The van der Waals surface area contributed by atoms with E-state index in [9.17, 15) is 4.79 Å². The number of carbonyl (C=O) groups is 1. The minimum Gasteiger partial charge on any atom is -0.492 e. The summed E-state index contributed by atoms with van der Waals surface area (Å²) in [6, 6.07) is 15.3. The number of hydrogen-bond acceptors (Lipinski definition) is 2. The maximum atomic E-state index is 12.2. The minimum absolute atomic E-state index is 0.0273. The maximum absolute atomic E-state index is 12.2. The number of nitrogens with one attached hydrogen (secondary N) is 1. The third kappa shape index (κ3) is 3.37. The zero-order chi connectivity index (χ0) is 14.7. The second-order valence-corrected chi connectivity index (χ2v) is 5.60. The molecule has 21 heavy (non-hydrogen) atoms. The van der Waals surface area contributed by atoms with Crippen molar-refractivity contribution in [1.82, 2.24) is 5.32 Å². The molecule has 0 aliphatic carbocycles. The molecule has 0 aromatic heterocycles. The van der Waals surface area contributed by atoms with Gasteiger partial charge in [0.1, 0.15) is 12.4 Å². The molecule has 0 spiro atoms. The van der Waals surface area contributed by atoms with E-state index in [2.05, 4.69) is 5.32 Å². The molecular weight excluding hydrogens is 286 g/mol. The van der Waals surface area contributed by atoms with Crippen LogP contribution in [0.5, 0.6) is 5.75 Å². The molecule has 2 aromatic rings. The largest absolute Gasteiger partial charge is 0.492 e. The van der Waals surface area contributed by atoms with Crippen molar-refractivity contribution in [3.63, 3.8) is 0 Å². The third-order valence-corrected chi connectivity index (χ3v) is 3.88. The molecule has 1 atom stereocenters. The Labute approximate surface area is 128 Å². The molecular formula is C17H16ClNO2. The molecule has 3 nitrogen and oxygen atoms in total. The molecule has 0 bridgehead atoms. The van der Waals surface area contributed by atoms with Gasteiger partial charge in [0.15, 0.2) is 0 Å². The maximum Gasteiger partial charge on any atom is 0.227 e. The van der Waals surface area contributed by atoms with Gasteiger partial charge in [0.05, 0.1) is 5.92 Å². The van der Waals surface area contributed by atoms with Crippen molar-refractivity contribution in [2.24, 2.45) is 5.92 Å². The second kappa shape index (κ2) is 6.19. The third-order valence-electron chi connectivity index (χ3n) is 3.63. The first kappa shape index (κ1) is 14.0. The summed E-state index contributed by atoms with van der Waals surface area (Å²) in [5.74, 6) is 0.783. The topological polar surface area (TPSA) is 38.3 Å². The summed E-state index contributed by atoms with van der Waals surface area (Å²) >= 11 is 5.84. The lowest BCUT2D eigenvalue weighted by molar-refractivity contribution is -0.126. The molecule has 0 unspecified atom stereocenters. The highest BCUT2D eigenvalue weighted by Crippen LogP contribution is 2.26. The van der Waals surface area contributed by atoms with Crippen LogP contribution in [0.3, 0.4) is 0 Å². The summed E-state index contributed by atoms with van der Waals surface area (Å²) in [6.45, 7) is 0.942. The van der Waals surface area contributed by atoms with Crippen molar-refractivity contribution in [3.05, 3.63) is 64.7 Å². The monoisotopic (exact) mass is 301 g/mol. The fourth-order valence-corrected chi connectivity index (χ4v) is 2.56. The van der Waals surface area contributed by atoms with E-state index in [0.29, 0.717) is 18.2 Å². The van der Waals surface area contributed by atoms with Crippen molar-refractivity contribution < 1.29 is 9.53 Å². The van der Waals surface area contributed by atoms with E-state index in [0.717, 1.165) is 23.3 Å². The fourth-order valence-electron chi connectivity index (χ4n) is 2.43. The average molecular weight is 302 g/mol. The van der Waals surface area contributed by atoms with Gasteiger partial charge in [-0.25, -0.2) is 0 Å². The number of fused-ring (bicyclic) bond motifs is 1. The second-order valence-electron chi connectivity index (χ2n) is 5.16. The average Bonchev–Trinajstić information content (AvgIpc) is 2.53. The lowest BCUT2D eigenvalue weighted by atomic mass is 9.96. The van der Waals surface area contributed by atoms with Gasteiger partial charge in [0, 0.05) is 11.6 Å². The molecule has 0 radical (unpaired) electrons. The van der Waals surface area contributed by atoms with Crippen LogP contribution >= 0.6 is 11.6 Å². The van der Waals surface area contributed by atoms with Crippen molar-refractivity contribution in [2.75, 3.05) is 6.61 Å². The zero-order valence-electron chi connectivity index (χ0n) is 11.5. The Morgan fingerprint density at radius 3 is 2.76 bits per heavy atom. The Morgan fingerprint density at radius 1 is 1.19 bits per heavy atom. The number of hydrogen-bond donors (Lipinski definition) is 1. The van der Waals surface area contributed by atoms with Crippen LogP contribution in [0.25, 0.3) is 0 Å². The first-order chi connectivity index (χ1) is 10.2. The number of para-hydroxylation sites is 1. The smallest absolute Gasteiger partial charge is 0.227 e. The van der Waals surface area contributed by atoms with Gasteiger partial charge >= 0.3 is 0 Å². The summed E-state index contributed by atoms with van der Waals surface area (Å²) in [5.41, 5.74) is 2.13. The van der Waals surface area contributed by atoms with Gasteiger partial charge in [-0.2, -0.15) is 0 Å². The predicted octanol–water partition coefficient (Wildman–Crippen LogP) is 3.21. The van der Waals surface area contributed by atoms with Crippen LogP contribution in [0, 0.1) is 5.92 Å². The fraction of sp³-hybridized carbons (Fsp3) is 0.235. The molecule has 1 heterocycles. The summed E-state index contributed by atoms with van der Waals surface area (Å²) in [5, 5.41) is 3.65. The molecule has 108 valence electrons. The van der Waals surface area contributed by atoms with Gasteiger partial charge < -0.3 is 10.1 Å². The Morgan fingerprint density at radius 2 is 1.95 bits per heavy atom. The van der Waals surface area contributed by atoms with Crippen LogP contribution in [0.2, 0.25) is 5.02 Å². The highest BCUT2D eigenvalue weighted by Gasteiger charge is 2.25. The number of halogens is 1. The quantitative estimate of drug-likeness (QED) is 0.945.